The zero-order valence-electron chi connectivity index (χ0n) is 19.6. The Morgan fingerprint density at radius 2 is 1.74 bits per heavy atom. The first-order valence-corrected chi connectivity index (χ1v) is 11.8. The minimum atomic E-state index is -0.0141. The summed E-state index contributed by atoms with van der Waals surface area (Å²) >= 11 is 6.00. The number of fused-ring (bicyclic) bond motifs is 1. The van der Waals surface area contributed by atoms with Crippen LogP contribution < -0.4 is 14.4 Å². The van der Waals surface area contributed by atoms with Crippen LogP contribution in [0.2, 0.25) is 5.02 Å². The average molecular weight is 492 g/mol. The summed E-state index contributed by atoms with van der Waals surface area (Å²) in [6.07, 6.45) is 3.38. The molecule has 180 valence electrons. The van der Waals surface area contributed by atoms with Crippen molar-refractivity contribution in [2.45, 2.75) is 6.54 Å². The van der Waals surface area contributed by atoms with Crippen molar-refractivity contribution in [3.63, 3.8) is 0 Å². The van der Waals surface area contributed by atoms with Crippen molar-refractivity contribution in [1.29, 1.82) is 0 Å². The fourth-order valence-corrected chi connectivity index (χ4v) is 4.48. The molecule has 0 bridgehead atoms. The molecule has 5 rings (SSSR count). The number of ether oxygens (including phenoxy) is 2. The van der Waals surface area contributed by atoms with Crippen LogP contribution in [0.1, 0.15) is 15.9 Å². The monoisotopic (exact) mass is 491 g/mol. The Kier molecular flexibility index (Phi) is 6.46. The number of piperazine rings is 1. The van der Waals surface area contributed by atoms with Gasteiger partial charge in [-0.3, -0.25) is 4.79 Å². The molecule has 1 saturated heterocycles. The van der Waals surface area contributed by atoms with Crippen LogP contribution in [-0.4, -0.2) is 66.0 Å². The molecule has 2 aromatic heterocycles. The Labute approximate surface area is 208 Å². The summed E-state index contributed by atoms with van der Waals surface area (Å²) in [7, 11) is 3.25. The lowest BCUT2D eigenvalue weighted by Crippen LogP contribution is -2.48. The summed E-state index contributed by atoms with van der Waals surface area (Å²) in [5, 5.41) is 6.04. The van der Waals surface area contributed by atoms with E-state index in [2.05, 4.69) is 15.0 Å². The molecule has 0 spiro atoms. The minimum Gasteiger partial charge on any atom is -0.497 e. The van der Waals surface area contributed by atoms with Crippen molar-refractivity contribution in [3.05, 3.63) is 77.1 Å². The number of rotatable bonds is 6. The maximum atomic E-state index is 13.2. The molecule has 3 heterocycles. The van der Waals surface area contributed by atoms with Gasteiger partial charge in [-0.2, -0.15) is 5.10 Å². The maximum absolute atomic E-state index is 13.2. The Morgan fingerprint density at radius 1 is 0.971 bits per heavy atom. The molecule has 4 aromatic rings. The Balaban J connectivity index is 1.28. The maximum Gasteiger partial charge on any atom is 0.255 e. The molecule has 1 aliphatic heterocycles. The van der Waals surface area contributed by atoms with Crippen LogP contribution in [0.3, 0.4) is 0 Å². The standard InChI is InChI=1S/C26H26ClN5O3/c1-34-23-8-3-18(24(14-23)35-2)17-32-25-19(16-29-32)13-20(15-28-25)26(33)31-11-9-30(10-12-31)22-6-4-21(27)5-7-22/h3-8,13-16H,9-12,17H2,1-2H3. The average Bonchev–Trinajstić information content (AvgIpc) is 3.31. The third-order valence-corrected chi connectivity index (χ3v) is 6.55. The van der Waals surface area contributed by atoms with Gasteiger partial charge < -0.3 is 19.3 Å². The summed E-state index contributed by atoms with van der Waals surface area (Å²) in [5.41, 5.74) is 3.36. The number of amides is 1. The first kappa shape index (κ1) is 23.0. The van der Waals surface area contributed by atoms with Crippen LogP contribution >= 0.6 is 11.6 Å². The molecule has 0 radical (unpaired) electrons. The number of halogens is 1. The van der Waals surface area contributed by atoms with E-state index in [4.69, 9.17) is 21.1 Å². The minimum absolute atomic E-state index is 0.0141. The SMILES string of the molecule is COc1ccc(Cn2ncc3cc(C(=O)N4CCN(c5ccc(Cl)cc5)CC4)cnc32)c(OC)c1. The quantitative estimate of drug-likeness (QED) is 0.404. The highest BCUT2D eigenvalue weighted by molar-refractivity contribution is 6.30. The number of pyridine rings is 1. The molecular weight excluding hydrogens is 466 g/mol. The Morgan fingerprint density at radius 3 is 2.46 bits per heavy atom. The second-order valence-electron chi connectivity index (χ2n) is 8.37. The van der Waals surface area contributed by atoms with E-state index in [-0.39, 0.29) is 5.91 Å². The van der Waals surface area contributed by atoms with Crippen LogP contribution in [0, 0.1) is 0 Å². The molecule has 1 amide bonds. The molecule has 35 heavy (non-hydrogen) atoms. The molecule has 1 fully saturated rings. The van der Waals surface area contributed by atoms with Gasteiger partial charge in [-0.25, -0.2) is 9.67 Å². The van der Waals surface area contributed by atoms with E-state index in [1.54, 1.807) is 31.3 Å². The number of methoxy groups -OCH3 is 2. The van der Waals surface area contributed by atoms with Crippen LogP contribution in [0.4, 0.5) is 5.69 Å². The number of hydrogen-bond donors (Lipinski definition) is 0. The normalized spacial score (nSPS) is 13.8. The van der Waals surface area contributed by atoms with Gasteiger partial charge in [0.25, 0.3) is 5.91 Å². The highest BCUT2D eigenvalue weighted by Crippen LogP contribution is 2.26. The van der Waals surface area contributed by atoms with Crippen molar-refractivity contribution in [2.75, 3.05) is 45.3 Å². The van der Waals surface area contributed by atoms with Crippen LogP contribution in [0.25, 0.3) is 11.0 Å². The fraction of sp³-hybridized carbons (Fsp3) is 0.269. The van der Waals surface area contributed by atoms with E-state index in [1.807, 2.05) is 53.4 Å². The molecule has 0 unspecified atom stereocenters. The number of carbonyl (C=O) groups is 1. The fourth-order valence-electron chi connectivity index (χ4n) is 4.35. The Hall–Kier alpha value is -3.78. The topological polar surface area (TPSA) is 72.7 Å². The summed E-state index contributed by atoms with van der Waals surface area (Å²) < 4.78 is 12.6. The van der Waals surface area contributed by atoms with Crippen molar-refractivity contribution in [3.8, 4) is 11.5 Å². The number of hydrogen-bond acceptors (Lipinski definition) is 6. The second-order valence-corrected chi connectivity index (χ2v) is 8.81. The molecule has 1 aliphatic rings. The molecular formula is C26H26ClN5O3. The van der Waals surface area contributed by atoms with Crippen LogP contribution in [0.5, 0.6) is 11.5 Å². The van der Waals surface area contributed by atoms with Crippen molar-refractivity contribution in [1.82, 2.24) is 19.7 Å². The largest absolute Gasteiger partial charge is 0.497 e. The van der Waals surface area contributed by atoms with E-state index in [9.17, 15) is 4.79 Å². The number of benzene rings is 2. The van der Waals surface area contributed by atoms with E-state index in [1.165, 1.54) is 0 Å². The molecule has 2 aromatic carbocycles. The predicted octanol–water partition coefficient (Wildman–Crippen LogP) is 4.11. The number of anilines is 1. The van der Waals surface area contributed by atoms with Crippen LogP contribution in [0.15, 0.2) is 60.9 Å². The molecule has 0 aliphatic carbocycles. The van der Waals surface area contributed by atoms with E-state index in [0.29, 0.717) is 30.8 Å². The number of aromatic nitrogens is 3. The van der Waals surface area contributed by atoms with Gasteiger partial charge in [-0.15, -0.1) is 0 Å². The highest BCUT2D eigenvalue weighted by atomic mass is 35.5. The Bertz CT molecular complexity index is 1350. The first-order chi connectivity index (χ1) is 17.1. The highest BCUT2D eigenvalue weighted by Gasteiger charge is 2.23. The molecule has 0 N–H and O–H groups in total. The summed E-state index contributed by atoms with van der Waals surface area (Å²) in [4.78, 5) is 21.9. The smallest absolute Gasteiger partial charge is 0.255 e. The third-order valence-electron chi connectivity index (χ3n) is 6.30. The number of carbonyl (C=O) groups excluding carboxylic acids is 1. The van der Waals surface area contributed by atoms with Crippen molar-refractivity contribution < 1.29 is 14.3 Å². The molecule has 0 saturated carbocycles. The summed E-state index contributed by atoms with van der Waals surface area (Å²) in [6.45, 7) is 3.32. The van der Waals surface area contributed by atoms with Gasteiger partial charge >= 0.3 is 0 Å². The summed E-state index contributed by atoms with van der Waals surface area (Å²) in [5.74, 6) is 1.43. The van der Waals surface area contributed by atoms with Gasteiger partial charge in [0.05, 0.1) is 32.5 Å². The molecule has 8 nitrogen and oxygen atoms in total. The van der Waals surface area contributed by atoms with Gasteiger partial charge in [0.1, 0.15) is 11.5 Å². The molecule has 0 atom stereocenters. The van der Waals surface area contributed by atoms with Gasteiger partial charge in [0.2, 0.25) is 0 Å². The van der Waals surface area contributed by atoms with Gasteiger partial charge in [-0.1, -0.05) is 11.6 Å². The second kappa shape index (κ2) is 9.84. The zero-order valence-corrected chi connectivity index (χ0v) is 20.4. The summed E-state index contributed by atoms with van der Waals surface area (Å²) in [6, 6.07) is 15.4. The first-order valence-electron chi connectivity index (χ1n) is 11.4. The van der Waals surface area contributed by atoms with Gasteiger partial charge in [-0.05, 0) is 42.5 Å². The van der Waals surface area contributed by atoms with E-state index in [0.717, 1.165) is 46.2 Å². The van der Waals surface area contributed by atoms with Crippen molar-refractivity contribution in [2.24, 2.45) is 0 Å². The third kappa shape index (κ3) is 4.74. The van der Waals surface area contributed by atoms with Crippen LogP contribution in [-0.2, 0) is 6.54 Å². The predicted molar refractivity (Wildman–Crippen MR) is 136 cm³/mol. The van der Waals surface area contributed by atoms with Crippen molar-refractivity contribution >= 4 is 34.2 Å². The number of nitrogens with zero attached hydrogens (tertiary/aromatic N) is 5. The molecule has 9 heteroatoms. The lowest BCUT2D eigenvalue weighted by atomic mass is 10.1. The lowest BCUT2D eigenvalue weighted by Gasteiger charge is -2.36. The lowest BCUT2D eigenvalue weighted by molar-refractivity contribution is 0.0746. The van der Waals surface area contributed by atoms with Gasteiger partial charge in [0.15, 0.2) is 5.65 Å². The van der Waals surface area contributed by atoms with Gasteiger partial charge in [0, 0.05) is 60.1 Å². The zero-order chi connectivity index (χ0) is 24.4. The van der Waals surface area contributed by atoms with E-state index >= 15 is 0 Å². The van der Waals surface area contributed by atoms with E-state index < -0.39 is 0 Å².